The number of urea groups is 1. The van der Waals surface area contributed by atoms with Crippen LogP contribution >= 0.6 is 0 Å². The maximum Gasteiger partial charge on any atom is 0.319 e. The molecule has 7 rings (SSSR count). The van der Waals surface area contributed by atoms with Crippen LogP contribution in [0.2, 0.25) is 0 Å². The molecule has 2 amide bonds. The highest BCUT2D eigenvalue weighted by Crippen LogP contribution is 2.39. The number of carbonyl (C=O) groups excluding carboxylic acids is 1. The Labute approximate surface area is 229 Å². The first-order valence-electron chi connectivity index (χ1n) is 14.0. The number of anilines is 1. The predicted molar refractivity (Wildman–Crippen MR) is 141 cm³/mol. The van der Waals surface area contributed by atoms with E-state index in [2.05, 4.69) is 20.0 Å². The molecule has 3 aromatic rings. The van der Waals surface area contributed by atoms with Crippen LogP contribution in [0.5, 0.6) is 0 Å². The van der Waals surface area contributed by atoms with Crippen molar-refractivity contribution in [1.29, 1.82) is 0 Å². The molecule has 0 spiro atoms. The normalized spacial score (nSPS) is 21.1. The van der Waals surface area contributed by atoms with E-state index < -0.39 is 12.1 Å². The van der Waals surface area contributed by atoms with E-state index in [9.17, 15) is 13.6 Å². The third-order valence-electron chi connectivity index (χ3n) is 8.32. The summed E-state index contributed by atoms with van der Waals surface area (Å²) in [5.74, 6) is 0.343. The van der Waals surface area contributed by atoms with E-state index in [1.54, 1.807) is 30.6 Å². The number of alkyl halides is 2. The molecule has 11 nitrogen and oxygen atoms in total. The molecule has 0 bridgehead atoms. The van der Waals surface area contributed by atoms with E-state index in [1.165, 1.54) is 0 Å². The second kappa shape index (κ2) is 10.0. The molecule has 40 heavy (non-hydrogen) atoms. The van der Waals surface area contributed by atoms with Gasteiger partial charge in [-0.05, 0) is 37.8 Å². The summed E-state index contributed by atoms with van der Waals surface area (Å²) in [6, 6.07) is 6.99. The Morgan fingerprint density at radius 1 is 0.925 bits per heavy atom. The van der Waals surface area contributed by atoms with E-state index in [1.807, 2.05) is 19.3 Å². The van der Waals surface area contributed by atoms with Gasteiger partial charge in [-0.25, -0.2) is 33.5 Å². The molecule has 4 aliphatic rings. The van der Waals surface area contributed by atoms with Crippen LogP contribution in [-0.2, 0) is 10.4 Å². The average molecular weight is 552 g/mol. The standard InChI is InChI=1S/C27H31F2N9O2/c28-24(29)27(33-19-5-1-2-6-20(19)34-27)22-21-23(32-25(31-22)35-13-15-40-16-14-35)38(17-30-21)18-7-11-37(12-8-18)26(39)36-9-3-4-10-36/h1-2,5-6,17-18,24H,3-4,7-16H2. The van der Waals surface area contributed by atoms with Gasteiger partial charge in [0.1, 0.15) is 11.2 Å². The van der Waals surface area contributed by atoms with Gasteiger partial charge in [-0.3, -0.25) is 0 Å². The summed E-state index contributed by atoms with van der Waals surface area (Å²) in [4.78, 5) is 41.7. The summed E-state index contributed by atoms with van der Waals surface area (Å²) < 4.78 is 37.5. The Kier molecular flexibility index (Phi) is 6.32. The summed E-state index contributed by atoms with van der Waals surface area (Å²) in [6.07, 6.45) is 2.27. The summed E-state index contributed by atoms with van der Waals surface area (Å²) >= 11 is 0. The molecule has 0 aliphatic carbocycles. The van der Waals surface area contributed by atoms with E-state index in [4.69, 9.17) is 9.72 Å². The predicted octanol–water partition coefficient (Wildman–Crippen LogP) is 1.89. The lowest BCUT2D eigenvalue weighted by Gasteiger charge is -2.35. The molecule has 0 saturated carbocycles. The second-order valence-electron chi connectivity index (χ2n) is 10.7. The average Bonchev–Trinajstić information content (AvgIpc) is 3.76. The van der Waals surface area contributed by atoms with Gasteiger partial charge in [-0.1, -0.05) is 12.1 Å². The van der Waals surface area contributed by atoms with Gasteiger partial charge in [-0.15, -0.1) is 0 Å². The molecule has 1 aromatic carbocycles. The molecule has 2 aromatic heterocycles. The van der Waals surface area contributed by atoms with Crippen LogP contribution in [0.15, 0.2) is 40.6 Å². The van der Waals surface area contributed by atoms with Crippen molar-refractivity contribution in [2.75, 3.05) is 57.4 Å². The zero-order valence-electron chi connectivity index (χ0n) is 22.1. The van der Waals surface area contributed by atoms with Crippen molar-refractivity contribution in [3.8, 4) is 0 Å². The molecule has 13 heteroatoms. The first-order chi connectivity index (χ1) is 19.5. The fraction of sp³-hybridized carbons (Fsp3) is 0.556. The van der Waals surface area contributed by atoms with Gasteiger partial charge in [0.05, 0.1) is 30.3 Å². The third kappa shape index (κ3) is 4.18. The van der Waals surface area contributed by atoms with Gasteiger partial charge < -0.3 is 24.0 Å². The van der Waals surface area contributed by atoms with Gasteiger partial charge in [0.25, 0.3) is 12.1 Å². The van der Waals surface area contributed by atoms with E-state index in [0.717, 1.165) is 38.8 Å². The first-order valence-corrected chi connectivity index (χ1v) is 14.0. The number of carbonyl (C=O) groups is 1. The molecule has 0 radical (unpaired) electrons. The molecule has 0 N–H and O–H groups in total. The Morgan fingerprint density at radius 3 is 2.23 bits per heavy atom. The number of fused-ring (bicyclic) bond motifs is 2. The molecule has 3 fully saturated rings. The van der Waals surface area contributed by atoms with Crippen molar-refractivity contribution < 1.29 is 18.3 Å². The zero-order chi connectivity index (χ0) is 27.3. The minimum absolute atomic E-state index is 0.00517. The van der Waals surface area contributed by atoms with Crippen LogP contribution in [0.25, 0.3) is 11.2 Å². The summed E-state index contributed by atoms with van der Waals surface area (Å²) in [5.41, 5.74) is -1.45. The Hall–Kier alpha value is -3.74. The zero-order valence-corrected chi connectivity index (χ0v) is 22.1. The number of piperidine rings is 1. The number of imidazole rings is 1. The van der Waals surface area contributed by atoms with E-state index in [-0.39, 0.29) is 23.3 Å². The van der Waals surface area contributed by atoms with Crippen molar-refractivity contribution in [3.05, 3.63) is 47.0 Å². The largest absolute Gasteiger partial charge is 0.378 e. The number of amides is 2. The maximum atomic E-state index is 15.0. The molecule has 3 saturated heterocycles. The number of benzene rings is 1. The minimum Gasteiger partial charge on any atom is -0.378 e. The van der Waals surface area contributed by atoms with Crippen LogP contribution in [-0.4, -0.2) is 94.3 Å². The SMILES string of the molecule is O=C(N1CCCC1)N1CCC(n2cnc3c(C4(C(F)F)N=c5ccccc5=N4)nc(N4CCOCC4)nc32)CC1. The van der Waals surface area contributed by atoms with Crippen LogP contribution in [0.1, 0.15) is 37.4 Å². The van der Waals surface area contributed by atoms with Gasteiger partial charge >= 0.3 is 6.03 Å². The smallest absolute Gasteiger partial charge is 0.319 e. The monoisotopic (exact) mass is 551 g/mol. The number of hydrogen-bond acceptors (Lipinski definition) is 8. The summed E-state index contributed by atoms with van der Waals surface area (Å²) in [7, 11) is 0. The number of morpholine rings is 1. The van der Waals surface area contributed by atoms with Crippen LogP contribution in [0.3, 0.4) is 0 Å². The van der Waals surface area contributed by atoms with Crippen LogP contribution in [0, 0.1) is 0 Å². The van der Waals surface area contributed by atoms with Crippen molar-refractivity contribution in [2.24, 2.45) is 9.98 Å². The van der Waals surface area contributed by atoms with E-state index in [0.29, 0.717) is 61.7 Å². The highest BCUT2D eigenvalue weighted by Gasteiger charge is 2.48. The van der Waals surface area contributed by atoms with Crippen molar-refractivity contribution >= 4 is 23.1 Å². The molecular formula is C27H31F2N9O2. The third-order valence-corrected chi connectivity index (χ3v) is 8.32. The number of para-hydroxylation sites is 2. The number of likely N-dealkylation sites (tertiary alicyclic amines) is 2. The Bertz CT molecular complexity index is 1510. The maximum absolute atomic E-state index is 15.0. The van der Waals surface area contributed by atoms with Crippen molar-refractivity contribution in [2.45, 2.75) is 43.8 Å². The Balaban J connectivity index is 1.28. The molecule has 210 valence electrons. The fourth-order valence-corrected chi connectivity index (χ4v) is 6.13. The van der Waals surface area contributed by atoms with E-state index >= 15 is 0 Å². The lowest BCUT2D eigenvalue weighted by molar-refractivity contribution is 0.0557. The fourth-order valence-electron chi connectivity index (χ4n) is 6.13. The van der Waals surface area contributed by atoms with Gasteiger partial charge in [0.2, 0.25) is 5.95 Å². The topological polar surface area (TPSA) is 104 Å². The molecule has 6 heterocycles. The van der Waals surface area contributed by atoms with Crippen LogP contribution in [0.4, 0.5) is 19.5 Å². The molecule has 0 unspecified atom stereocenters. The minimum atomic E-state index is -2.94. The highest BCUT2D eigenvalue weighted by molar-refractivity contribution is 5.77. The first kappa shape index (κ1) is 25.2. The summed E-state index contributed by atoms with van der Waals surface area (Å²) in [6.45, 7) is 4.98. The number of rotatable bonds is 4. The quantitative estimate of drug-likeness (QED) is 0.491. The lowest BCUT2D eigenvalue weighted by Crippen LogP contribution is -2.45. The highest BCUT2D eigenvalue weighted by atomic mass is 19.3. The van der Waals surface area contributed by atoms with Crippen molar-refractivity contribution in [3.63, 3.8) is 0 Å². The Morgan fingerprint density at radius 2 is 1.57 bits per heavy atom. The number of ether oxygens (including phenoxy) is 1. The van der Waals surface area contributed by atoms with Gasteiger partial charge in [-0.2, -0.15) is 4.98 Å². The van der Waals surface area contributed by atoms with Gasteiger partial charge in [0, 0.05) is 45.3 Å². The lowest BCUT2D eigenvalue weighted by atomic mass is 10.0. The van der Waals surface area contributed by atoms with Gasteiger partial charge in [0.15, 0.2) is 5.65 Å². The molecular weight excluding hydrogens is 520 g/mol. The van der Waals surface area contributed by atoms with Crippen LogP contribution < -0.4 is 15.6 Å². The number of aromatic nitrogens is 4. The second-order valence-corrected chi connectivity index (χ2v) is 10.7. The molecule has 4 aliphatic heterocycles. The number of nitrogens with zero attached hydrogens (tertiary/aromatic N) is 9. The van der Waals surface area contributed by atoms with Crippen molar-refractivity contribution in [1.82, 2.24) is 29.3 Å². The molecule has 0 atom stereocenters. The number of hydrogen-bond donors (Lipinski definition) is 0. The number of halogens is 2. The summed E-state index contributed by atoms with van der Waals surface area (Å²) in [5, 5.41) is 0.800.